The molecule has 0 amide bonds. The lowest BCUT2D eigenvalue weighted by Gasteiger charge is -2.24. The van der Waals surface area contributed by atoms with Crippen LogP contribution in [0.1, 0.15) is 12.5 Å². The summed E-state index contributed by atoms with van der Waals surface area (Å²) in [5, 5.41) is 2.60. The van der Waals surface area contributed by atoms with Crippen molar-refractivity contribution in [3.8, 4) is 0 Å². The Morgan fingerprint density at radius 1 is 1.18 bits per heavy atom. The lowest BCUT2D eigenvalue weighted by atomic mass is 9.82. The largest absolute Gasteiger partial charge is 0.330 e. The van der Waals surface area contributed by atoms with Gasteiger partial charge in [0.05, 0.1) is 0 Å². The van der Waals surface area contributed by atoms with Gasteiger partial charge in [0.1, 0.15) is 0 Å². The highest BCUT2D eigenvalue weighted by atomic mass is 14.6. The van der Waals surface area contributed by atoms with Gasteiger partial charge in [0.2, 0.25) is 0 Å². The van der Waals surface area contributed by atoms with Crippen molar-refractivity contribution < 1.29 is 0 Å². The highest BCUT2D eigenvalue weighted by Gasteiger charge is 2.19. The van der Waals surface area contributed by atoms with Gasteiger partial charge in [-0.05, 0) is 22.8 Å². The molecule has 0 aliphatic carbocycles. The fourth-order valence-electron chi connectivity index (χ4n) is 2.11. The van der Waals surface area contributed by atoms with E-state index in [1.807, 2.05) is 6.08 Å². The second-order valence-electron chi connectivity index (χ2n) is 4.88. The molecule has 2 rings (SSSR count). The van der Waals surface area contributed by atoms with Crippen LogP contribution in [-0.2, 0) is 6.42 Å². The average Bonchev–Trinajstić information content (AvgIpc) is 2.39. The predicted octanol–water partition coefficient (Wildman–Crippen LogP) is 3.53. The summed E-state index contributed by atoms with van der Waals surface area (Å²) in [4.78, 5) is 0. The smallest absolute Gasteiger partial charge is 0.00146 e. The van der Waals surface area contributed by atoms with Crippen LogP contribution in [0.15, 0.2) is 55.1 Å². The van der Waals surface area contributed by atoms with E-state index in [9.17, 15) is 0 Å². The maximum Gasteiger partial charge on any atom is 0.00146 e. The summed E-state index contributed by atoms with van der Waals surface area (Å²) in [6.45, 7) is 6.68. The van der Waals surface area contributed by atoms with E-state index < -0.39 is 0 Å². The first-order valence-electron chi connectivity index (χ1n) is 5.99. The number of fused-ring (bicyclic) bond motifs is 1. The Morgan fingerprint density at radius 3 is 2.59 bits per heavy atom. The molecule has 0 bridgehead atoms. The summed E-state index contributed by atoms with van der Waals surface area (Å²) in [5.74, 6) is 0. The summed E-state index contributed by atoms with van der Waals surface area (Å²) in [6, 6.07) is 14.9. The van der Waals surface area contributed by atoms with Gasteiger partial charge in [-0.3, -0.25) is 0 Å². The van der Waals surface area contributed by atoms with Crippen molar-refractivity contribution in [2.45, 2.75) is 13.3 Å². The van der Waals surface area contributed by atoms with Crippen LogP contribution in [0.4, 0.5) is 0 Å². The molecule has 17 heavy (non-hydrogen) atoms. The van der Waals surface area contributed by atoms with Gasteiger partial charge in [0.15, 0.2) is 0 Å². The number of rotatable bonds is 4. The average molecular weight is 225 g/mol. The Hall–Kier alpha value is -1.60. The Kier molecular flexibility index (Phi) is 3.30. The molecule has 0 aliphatic rings. The van der Waals surface area contributed by atoms with Crippen LogP contribution >= 0.6 is 0 Å². The summed E-state index contributed by atoms with van der Waals surface area (Å²) < 4.78 is 0. The fraction of sp³-hybridized carbons (Fsp3) is 0.250. The zero-order valence-corrected chi connectivity index (χ0v) is 10.3. The minimum atomic E-state index is -0.0237. The highest BCUT2D eigenvalue weighted by Crippen LogP contribution is 2.27. The van der Waals surface area contributed by atoms with Crippen LogP contribution < -0.4 is 5.73 Å². The molecule has 0 saturated carbocycles. The van der Waals surface area contributed by atoms with Crippen molar-refractivity contribution in [1.29, 1.82) is 0 Å². The van der Waals surface area contributed by atoms with Crippen LogP contribution in [0.3, 0.4) is 0 Å². The van der Waals surface area contributed by atoms with E-state index >= 15 is 0 Å². The van der Waals surface area contributed by atoms with Gasteiger partial charge in [-0.2, -0.15) is 0 Å². The van der Waals surface area contributed by atoms with Gasteiger partial charge >= 0.3 is 0 Å². The van der Waals surface area contributed by atoms with Gasteiger partial charge < -0.3 is 5.73 Å². The van der Waals surface area contributed by atoms with E-state index in [-0.39, 0.29) is 5.41 Å². The van der Waals surface area contributed by atoms with Crippen molar-refractivity contribution in [2.75, 3.05) is 6.54 Å². The normalized spacial score (nSPS) is 14.5. The summed E-state index contributed by atoms with van der Waals surface area (Å²) in [6.07, 6.45) is 2.91. The lowest BCUT2D eigenvalue weighted by Crippen LogP contribution is -2.27. The molecule has 0 fully saturated rings. The first kappa shape index (κ1) is 11.9. The minimum Gasteiger partial charge on any atom is -0.330 e. The molecule has 0 radical (unpaired) electrons. The van der Waals surface area contributed by atoms with Gasteiger partial charge in [0, 0.05) is 12.0 Å². The first-order valence-corrected chi connectivity index (χ1v) is 5.99. The molecular formula is C16H19N. The molecule has 2 aromatic carbocycles. The van der Waals surface area contributed by atoms with Gasteiger partial charge in [-0.15, -0.1) is 6.58 Å². The van der Waals surface area contributed by atoms with E-state index in [1.165, 1.54) is 16.3 Å². The van der Waals surface area contributed by atoms with Gasteiger partial charge in [-0.1, -0.05) is 55.5 Å². The third-order valence-corrected chi connectivity index (χ3v) is 3.43. The molecule has 0 spiro atoms. The monoisotopic (exact) mass is 225 g/mol. The third-order valence-electron chi connectivity index (χ3n) is 3.43. The Balaban J connectivity index is 2.46. The van der Waals surface area contributed by atoms with E-state index in [2.05, 4.69) is 56.0 Å². The topological polar surface area (TPSA) is 26.0 Å². The summed E-state index contributed by atoms with van der Waals surface area (Å²) in [7, 11) is 0. The van der Waals surface area contributed by atoms with Crippen molar-refractivity contribution in [3.05, 3.63) is 60.7 Å². The molecule has 0 heterocycles. The number of hydrogen-bond donors (Lipinski definition) is 1. The minimum absolute atomic E-state index is 0.0237. The standard InChI is InChI=1S/C16H19N/c1-3-16(2,12-17)11-14-9-6-8-13-7-4-5-10-15(13)14/h3-10H,1,11-12,17H2,2H3. The van der Waals surface area contributed by atoms with Crippen LogP contribution in [0.2, 0.25) is 0 Å². The molecule has 88 valence electrons. The molecule has 2 N–H and O–H groups in total. The highest BCUT2D eigenvalue weighted by molar-refractivity contribution is 5.85. The van der Waals surface area contributed by atoms with E-state index in [0.717, 1.165) is 6.42 Å². The maximum absolute atomic E-state index is 5.84. The van der Waals surface area contributed by atoms with E-state index in [1.54, 1.807) is 0 Å². The van der Waals surface area contributed by atoms with Crippen LogP contribution in [0.25, 0.3) is 10.8 Å². The zero-order valence-electron chi connectivity index (χ0n) is 10.3. The zero-order chi connectivity index (χ0) is 12.3. The maximum atomic E-state index is 5.84. The number of hydrogen-bond acceptors (Lipinski definition) is 1. The quantitative estimate of drug-likeness (QED) is 0.791. The Labute approximate surface area is 103 Å². The van der Waals surface area contributed by atoms with Crippen LogP contribution in [0.5, 0.6) is 0 Å². The number of nitrogens with two attached hydrogens (primary N) is 1. The summed E-state index contributed by atoms with van der Waals surface area (Å²) >= 11 is 0. The van der Waals surface area contributed by atoms with Gasteiger partial charge in [-0.25, -0.2) is 0 Å². The lowest BCUT2D eigenvalue weighted by molar-refractivity contribution is 0.440. The Bertz CT molecular complexity index is 525. The first-order chi connectivity index (χ1) is 8.18. The molecule has 0 saturated heterocycles. The third kappa shape index (κ3) is 2.40. The second kappa shape index (κ2) is 4.72. The molecule has 1 heteroatoms. The molecule has 1 unspecified atom stereocenters. The van der Waals surface area contributed by atoms with Crippen molar-refractivity contribution in [2.24, 2.45) is 11.1 Å². The van der Waals surface area contributed by atoms with Crippen LogP contribution in [0, 0.1) is 5.41 Å². The molecule has 1 nitrogen and oxygen atoms in total. The second-order valence-corrected chi connectivity index (χ2v) is 4.88. The predicted molar refractivity (Wildman–Crippen MR) is 75.0 cm³/mol. The van der Waals surface area contributed by atoms with E-state index in [0.29, 0.717) is 6.54 Å². The van der Waals surface area contributed by atoms with Crippen LogP contribution in [-0.4, -0.2) is 6.54 Å². The molecular weight excluding hydrogens is 206 g/mol. The summed E-state index contributed by atoms with van der Waals surface area (Å²) in [5.41, 5.74) is 7.16. The van der Waals surface area contributed by atoms with E-state index in [4.69, 9.17) is 5.73 Å². The van der Waals surface area contributed by atoms with Crippen molar-refractivity contribution in [3.63, 3.8) is 0 Å². The molecule has 0 aliphatic heterocycles. The number of benzene rings is 2. The Morgan fingerprint density at radius 2 is 1.88 bits per heavy atom. The van der Waals surface area contributed by atoms with Crippen molar-refractivity contribution in [1.82, 2.24) is 0 Å². The SMILES string of the molecule is C=CC(C)(CN)Cc1cccc2ccccc12. The molecule has 0 aromatic heterocycles. The van der Waals surface area contributed by atoms with Gasteiger partial charge in [0.25, 0.3) is 0 Å². The van der Waals surface area contributed by atoms with Crippen molar-refractivity contribution >= 4 is 10.8 Å². The molecule has 2 aromatic rings. The fourth-order valence-corrected chi connectivity index (χ4v) is 2.11. The molecule has 1 atom stereocenters.